The number of urea groups is 1. The summed E-state index contributed by atoms with van der Waals surface area (Å²) < 4.78 is 13.7. The zero-order valence-corrected chi connectivity index (χ0v) is 11.6. The van der Waals surface area contributed by atoms with E-state index in [1.54, 1.807) is 12.1 Å². The molecule has 4 nitrogen and oxygen atoms in total. The van der Waals surface area contributed by atoms with Gasteiger partial charge in [0.15, 0.2) is 0 Å². The van der Waals surface area contributed by atoms with Gasteiger partial charge in [0.2, 0.25) is 0 Å². The number of carbonyl (C=O) groups is 1. The Morgan fingerprint density at radius 2 is 2.16 bits per heavy atom. The Morgan fingerprint density at radius 3 is 2.74 bits per heavy atom. The van der Waals surface area contributed by atoms with Crippen LogP contribution in [0.3, 0.4) is 0 Å². The van der Waals surface area contributed by atoms with Gasteiger partial charge in [-0.3, -0.25) is 0 Å². The number of carbonyl (C=O) groups excluding carboxylic acids is 1. The molecule has 0 spiro atoms. The molecule has 2 amide bonds. The van der Waals surface area contributed by atoms with Crippen molar-refractivity contribution in [2.24, 2.45) is 5.73 Å². The quantitative estimate of drug-likeness (QED) is 0.553. The molecule has 1 aromatic carbocycles. The van der Waals surface area contributed by atoms with E-state index in [0.29, 0.717) is 17.7 Å². The lowest BCUT2D eigenvalue weighted by molar-refractivity contribution is 0.240. The number of thiocarbonyl (C=S) groups is 1. The summed E-state index contributed by atoms with van der Waals surface area (Å²) in [5.41, 5.74) is 6.28. The zero-order chi connectivity index (χ0) is 14.3. The predicted octanol–water partition coefficient (Wildman–Crippen LogP) is 2.06. The van der Waals surface area contributed by atoms with Crippen molar-refractivity contribution in [2.75, 3.05) is 6.54 Å². The van der Waals surface area contributed by atoms with Crippen LogP contribution in [0.4, 0.5) is 9.18 Å². The van der Waals surface area contributed by atoms with Crippen molar-refractivity contribution in [2.45, 2.75) is 26.3 Å². The number of amides is 2. The summed E-state index contributed by atoms with van der Waals surface area (Å²) in [6.07, 6.45) is 1.93. The molecule has 0 aromatic heterocycles. The zero-order valence-electron chi connectivity index (χ0n) is 10.8. The Hall–Kier alpha value is -1.69. The molecule has 0 unspecified atom stereocenters. The summed E-state index contributed by atoms with van der Waals surface area (Å²) >= 11 is 4.76. The Labute approximate surface area is 117 Å². The molecule has 0 heterocycles. The summed E-state index contributed by atoms with van der Waals surface area (Å²) in [7, 11) is 0. The number of rotatable bonds is 6. The van der Waals surface area contributed by atoms with Crippen LogP contribution in [-0.2, 0) is 6.54 Å². The summed E-state index contributed by atoms with van der Waals surface area (Å²) in [6.45, 7) is 2.78. The van der Waals surface area contributed by atoms with Crippen LogP contribution in [0.2, 0.25) is 0 Å². The van der Waals surface area contributed by atoms with Gasteiger partial charge in [-0.15, -0.1) is 0 Å². The van der Waals surface area contributed by atoms with E-state index in [1.165, 1.54) is 6.07 Å². The highest BCUT2D eigenvalue weighted by Crippen LogP contribution is 2.10. The topological polar surface area (TPSA) is 67.2 Å². The second-order valence-corrected chi connectivity index (χ2v) is 4.57. The number of hydrogen-bond donors (Lipinski definition) is 3. The maximum Gasteiger partial charge on any atom is 0.315 e. The fraction of sp³-hybridized carbons (Fsp3) is 0.385. The highest BCUT2D eigenvalue weighted by Gasteiger charge is 2.06. The van der Waals surface area contributed by atoms with Gasteiger partial charge in [-0.05, 0) is 12.5 Å². The van der Waals surface area contributed by atoms with Crippen LogP contribution >= 0.6 is 12.2 Å². The summed E-state index contributed by atoms with van der Waals surface area (Å²) in [5.74, 6) is -0.431. The molecule has 104 valence electrons. The summed E-state index contributed by atoms with van der Waals surface area (Å²) in [6, 6.07) is 4.17. The first-order chi connectivity index (χ1) is 9.04. The van der Waals surface area contributed by atoms with E-state index in [2.05, 4.69) is 10.6 Å². The number of nitrogens with two attached hydrogens (primary N) is 1. The third-order valence-corrected chi connectivity index (χ3v) is 2.83. The minimum Gasteiger partial charge on any atom is -0.389 e. The molecular weight excluding hydrogens is 265 g/mol. The van der Waals surface area contributed by atoms with Crippen molar-refractivity contribution in [3.8, 4) is 0 Å². The average Bonchev–Trinajstić information content (AvgIpc) is 2.37. The first-order valence-corrected chi connectivity index (χ1v) is 6.55. The van der Waals surface area contributed by atoms with Gasteiger partial charge < -0.3 is 16.4 Å². The molecular formula is C13H18FN3OS. The fourth-order valence-corrected chi connectivity index (χ4v) is 1.59. The van der Waals surface area contributed by atoms with Crippen LogP contribution in [0.25, 0.3) is 0 Å². The molecule has 0 atom stereocenters. The van der Waals surface area contributed by atoms with Gasteiger partial charge >= 0.3 is 6.03 Å². The molecule has 6 heteroatoms. The van der Waals surface area contributed by atoms with Crippen molar-refractivity contribution in [3.05, 3.63) is 35.1 Å². The molecule has 0 bridgehead atoms. The van der Waals surface area contributed by atoms with Crippen LogP contribution in [0, 0.1) is 5.82 Å². The Morgan fingerprint density at radius 1 is 1.42 bits per heavy atom. The van der Waals surface area contributed by atoms with Gasteiger partial charge in [0.05, 0.1) is 0 Å². The third-order valence-electron chi connectivity index (χ3n) is 2.59. The monoisotopic (exact) mass is 283 g/mol. The Kier molecular flexibility index (Phi) is 6.21. The van der Waals surface area contributed by atoms with Gasteiger partial charge in [-0.25, -0.2) is 9.18 Å². The fourth-order valence-electron chi connectivity index (χ4n) is 1.46. The number of unbranched alkanes of at least 4 members (excludes halogenated alkanes) is 1. The Balaban J connectivity index is 2.49. The van der Waals surface area contributed by atoms with Crippen LogP contribution < -0.4 is 16.4 Å². The number of hydrogen-bond acceptors (Lipinski definition) is 2. The first-order valence-electron chi connectivity index (χ1n) is 6.14. The van der Waals surface area contributed by atoms with Crippen LogP contribution in [-0.4, -0.2) is 17.6 Å². The van der Waals surface area contributed by atoms with E-state index in [9.17, 15) is 9.18 Å². The lowest BCUT2D eigenvalue weighted by Gasteiger charge is -2.08. The molecule has 1 rings (SSSR count). The number of benzene rings is 1. The number of nitrogens with one attached hydrogen (secondary N) is 2. The molecule has 0 saturated heterocycles. The molecule has 0 aliphatic carbocycles. The third kappa shape index (κ3) is 5.21. The van der Waals surface area contributed by atoms with Gasteiger partial charge in [0.25, 0.3) is 0 Å². The molecule has 0 saturated carbocycles. The van der Waals surface area contributed by atoms with E-state index in [1.807, 2.05) is 6.92 Å². The van der Waals surface area contributed by atoms with Gasteiger partial charge in [0, 0.05) is 24.2 Å². The van der Waals surface area contributed by atoms with E-state index < -0.39 is 5.82 Å². The molecule has 1 aromatic rings. The van der Waals surface area contributed by atoms with Crippen molar-refractivity contribution < 1.29 is 9.18 Å². The lowest BCUT2D eigenvalue weighted by atomic mass is 10.1. The van der Waals surface area contributed by atoms with Crippen molar-refractivity contribution in [1.29, 1.82) is 0 Å². The van der Waals surface area contributed by atoms with E-state index >= 15 is 0 Å². The van der Waals surface area contributed by atoms with E-state index in [-0.39, 0.29) is 17.6 Å². The van der Waals surface area contributed by atoms with E-state index in [0.717, 1.165) is 12.8 Å². The molecule has 0 radical (unpaired) electrons. The lowest BCUT2D eigenvalue weighted by Crippen LogP contribution is -2.35. The second-order valence-electron chi connectivity index (χ2n) is 4.13. The predicted molar refractivity (Wildman–Crippen MR) is 77.4 cm³/mol. The van der Waals surface area contributed by atoms with Crippen LogP contribution in [0.15, 0.2) is 18.2 Å². The van der Waals surface area contributed by atoms with Gasteiger partial charge in [-0.2, -0.15) is 0 Å². The highest BCUT2D eigenvalue weighted by atomic mass is 32.1. The molecule has 0 aliphatic rings. The van der Waals surface area contributed by atoms with Crippen LogP contribution in [0.5, 0.6) is 0 Å². The maximum atomic E-state index is 13.7. The highest BCUT2D eigenvalue weighted by molar-refractivity contribution is 7.80. The first kappa shape index (κ1) is 15.4. The summed E-state index contributed by atoms with van der Waals surface area (Å²) in [5, 5.41) is 5.28. The standard InChI is InChI=1S/C13H18FN3OS/c1-2-3-6-16-13(18)17-8-10-5-4-9(12(15)19)7-11(10)14/h4-5,7H,2-3,6,8H2,1H3,(H2,15,19)(H2,16,17,18). The molecule has 0 aliphatic heterocycles. The van der Waals surface area contributed by atoms with Gasteiger partial charge in [0.1, 0.15) is 10.8 Å². The van der Waals surface area contributed by atoms with Crippen molar-refractivity contribution in [1.82, 2.24) is 10.6 Å². The minimum atomic E-state index is -0.431. The normalized spacial score (nSPS) is 10.0. The molecule has 19 heavy (non-hydrogen) atoms. The van der Waals surface area contributed by atoms with Gasteiger partial charge in [-0.1, -0.05) is 37.7 Å². The second kappa shape index (κ2) is 7.68. The number of halogens is 1. The largest absolute Gasteiger partial charge is 0.389 e. The summed E-state index contributed by atoms with van der Waals surface area (Å²) in [4.78, 5) is 11.5. The molecule has 0 fully saturated rings. The Bertz CT molecular complexity index is 465. The average molecular weight is 283 g/mol. The van der Waals surface area contributed by atoms with Crippen LogP contribution in [0.1, 0.15) is 30.9 Å². The smallest absolute Gasteiger partial charge is 0.315 e. The van der Waals surface area contributed by atoms with Crippen molar-refractivity contribution >= 4 is 23.2 Å². The minimum absolute atomic E-state index is 0.126. The molecule has 4 N–H and O–H groups in total. The van der Waals surface area contributed by atoms with E-state index in [4.69, 9.17) is 18.0 Å². The SMILES string of the molecule is CCCCNC(=O)NCc1ccc(C(N)=S)cc1F. The van der Waals surface area contributed by atoms with Crippen molar-refractivity contribution in [3.63, 3.8) is 0 Å². The maximum absolute atomic E-state index is 13.7.